The Balaban J connectivity index is 1.64. The zero-order chi connectivity index (χ0) is 19.1. The van der Waals surface area contributed by atoms with Gasteiger partial charge in [-0.25, -0.2) is 0 Å². The van der Waals surface area contributed by atoms with Gasteiger partial charge in [0, 0.05) is 18.5 Å². The van der Waals surface area contributed by atoms with Crippen molar-refractivity contribution >= 4 is 5.91 Å². The quantitative estimate of drug-likeness (QED) is 0.833. The highest BCUT2D eigenvalue weighted by molar-refractivity contribution is 5.78. The molecule has 142 valence electrons. The number of benzene rings is 2. The van der Waals surface area contributed by atoms with E-state index in [1.54, 1.807) is 7.11 Å². The molecule has 0 bridgehead atoms. The SMILES string of the molecule is COc1ccc(CN2CC3(CC(C)(C)Oc4ccccc43)OCC2=O)cc1. The van der Waals surface area contributed by atoms with E-state index in [9.17, 15) is 4.79 Å². The topological polar surface area (TPSA) is 48.0 Å². The van der Waals surface area contributed by atoms with Crippen molar-refractivity contribution in [3.63, 3.8) is 0 Å². The van der Waals surface area contributed by atoms with E-state index in [4.69, 9.17) is 14.2 Å². The maximum atomic E-state index is 12.6. The van der Waals surface area contributed by atoms with Gasteiger partial charge in [-0.05, 0) is 37.6 Å². The fourth-order valence-corrected chi connectivity index (χ4v) is 4.15. The number of carbonyl (C=O) groups is 1. The summed E-state index contributed by atoms with van der Waals surface area (Å²) in [7, 11) is 1.65. The van der Waals surface area contributed by atoms with Crippen LogP contribution >= 0.6 is 0 Å². The summed E-state index contributed by atoms with van der Waals surface area (Å²) in [5.41, 5.74) is 1.19. The van der Waals surface area contributed by atoms with Crippen molar-refractivity contribution in [2.75, 3.05) is 20.3 Å². The number of ether oxygens (including phenoxy) is 3. The fourth-order valence-electron chi connectivity index (χ4n) is 4.15. The summed E-state index contributed by atoms with van der Waals surface area (Å²) in [6, 6.07) is 15.8. The third-order valence-electron chi connectivity index (χ3n) is 5.28. The minimum Gasteiger partial charge on any atom is -0.497 e. The smallest absolute Gasteiger partial charge is 0.249 e. The first-order chi connectivity index (χ1) is 12.9. The lowest BCUT2D eigenvalue weighted by molar-refractivity contribution is -0.181. The molecule has 5 heteroatoms. The van der Waals surface area contributed by atoms with Crippen molar-refractivity contribution in [2.24, 2.45) is 0 Å². The normalized spacial score (nSPS) is 23.7. The third-order valence-corrected chi connectivity index (χ3v) is 5.28. The number of fused-ring (bicyclic) bond motifs is 2. The van der Waals surface area contributed by atoms with Crippen molar-refractivity contribution < 1.29 is 19.0 Å². The third kappa shape index (κ3) is 3.39. The van der Waals surface area contributed by atoms with Gasteiger partial charge in [-0.15, -0.1) is 0 Å². The van der Waals surface area contributed by atoms with Crippen LogP contribution in [0.4, 0.5) is 0 Å². The average Bonchev–Trinajstić information content (AvgIpc) is 2.64. The second-order valence-electron chi connectivity index (χ2n) is 7.92. The summed E-state index contributed by atoms with van der Waals surface area (Å²) in [5.74, 6) is 1.66. The molecule has 1 atom stereocenters. The lowest BCUT2D eigenvalue weighted by Gasteiger charge is -2.49. The molecule has 1 unspecified atom stereocenters. The molecule has 2 aromatic rings. The van der Waals surface area contributed by atoms with Gasteiger partial charge in [0.1, 0.15) is 29.3 Å². The van der Waals surface area contributed by atoms with Crippen molar-refractivity contribution in [1.82, 2.24) is 4.90 Å². The Hall–Kier alpha value is -2.53. The summed E-state index contributed by atoms with van der Waals surface area (Å²) in [5, 5.41) is 0. The number of nitrogens with zero attached hydrogens (tertiary/aromatic N) is 1. The molecule has 0 aromatic heterocycles. The predicted octanol–water partition coefficient (Wildman–Crippen LogP) is 3.51. The van der Waals surface area contributed by atoms with E-state index in [1.807, 2.05) is 53.4 Å². The number of hydrogen-bond donors (Lipinski definition) is 0. The molecule has 2 aromatic carbocycles. The summed E-state index contributed by atoms with van der Waals surface area (Å²) in [6.45, 7) is 5.29. The monoisotopic (exact) mass is 367 g/mol. The van der Waals surface area contributed by atoms with Crippen LogP contribution in [0.5, 0.6) is 11.5 Å². The van der Waals surface area contributed by atoms with E-state index < -0.39 is 5.60 Å². The minimum absolute atomic E-state index is 0.0122. The van der Waals surface area contributed by atoms with Crippen molar-refractivity contribution in [2.45, 2.75) is 38.0 Å². The van der Waals surface area contributed by atoms with Crippen LogP contribution in [0.2, 0.25) is 0 Å². The zero-order valence-corrected chi connectivity index (χ0v) is 16.0. The summed E-state index contributed by atoms with van der Waals surface area (Å²) < 4.78 is 17.6. The Morgan fingerprint density at radius 1 is 1.11 bits per heavy atom. The molecular weight excluding hydrogens is 342 g/mol. The average molecular weight is 367 g/mol. The molecule has 1 saturated heterocycles. The van der Waals surface area contributed by atoms with Crippen molar-refractivity contribution in [1.29, 1.82) is 0 Å². The maximum absolute atomic E-state index is 12.6. The molecule has 1 amide bonds. The van der Waals surface area contributed by atoms with Crippen LogP contribution in [0.1, 0.15) is 31.4 Å². The molecule has 0 saturated carbocycles. The van der Waals surface area contributed by atoms with Crippen LogP contribution in [0.3, 0.4) is 0 Å². The fraction of sp³-hybridized carbons (Fsp3) is 0.409. The molecule has 2 aliphatic rings. The largest absolute Gasteiger partial charge is 0.497 e. The van der Waals surface area contributed by atoms with Crippen molar-refractivity contribution in [3.05, 3.63) is 59.7 Å². The second-order valence-corrected chi connectivity index (χ2v) is 7.92. The highest BCUT2D eigenvalue weighted by Crippen LogP contribution is 2.47. The number of hydrogen-bond acceptors (Lipinski definition) is 4. The van der Waals surface area contributed by atoms with Gasteiger partial charge in [0.05, 0.1) is 13.7 Å². The van der Waals surface area contributed by atoms with Crippen LogP contribution in [0.25, 0.3) is 0 Å². The molecule has 4 rings (SSSR count). The van der Waals surface area contributed by atoms with Crippen LogP contribution in [0.15, 0.2) is 48.5 Å². The maximum Gasteiger partial charge on any atom is 0.249 e. The lowest BCUT2D eigenvalue weighted by atomic mass is 9.79. The summed E-state index contributed by atoms with van der Waals surface area (Å²) in [4.78, 5) is 14.5. The van der Waals surface area contributed by atoms with E-state index >= 15 is 0 Å². The molecule has 2 aliphatic heterocycles. The number of methoxy groups -OCH3 is 1. The van der Waals surface area contributed by atoms with Gasteiger partial charge < -0.3 is 19.1 Å². The van der Waals surface area contributed by atoms with Gasteiger partial charge in [0.25, 0.3) is 0 Å². The first kappa shape index (κ1) is 17.9. The van der Waals surface area contributed by atoms with Gasteiger partial charge in [0.15, 0.2) is 0 Å². The highest BCUT2D eigenvalue weighted by Gasteiger charge is 2.50. The molecule has 5 nitrogen and oxygen atoms in total. The van der Waals surface area contributed by atoms with Crippen LogP contribution in [0, 0.1) is 0 Å². The second kappa shape index (κ2) is 6.57. The van der Waals surface area contributed by atoms with E-state index in [0.29, 0.717) is 19.5 Å². The van der Waals surface area contributed by atoms with Gasteiger partial charge >= 0.3 is 0 Å². The Labute approximate surface area is 159 Å². The Bertz CT molecular complexity index is 846. The minimum atomic E-state index is -0.543. The Kier molecular flexibility index (Phi) is 4.35. The molecule has 1 spiro atoms. The summed E-state index contributed by atoms with van der Waals surface area (Å²) in [6.07, 6.45) is 0.698. The molecule has 1 fully saturated rings. The molecule has 0 radical (unpaired) electrons. The Morgan fingerprint density at radius 3 is 2.59 bits per heavy atom. The number of para-hydroxylation sites is 1. The first-order valence-electron chi connectivity index (χ1n) is 9.24. The standard InChI is InChI=1S/C22H25NO4/c1-21(2)14-22(18-6-4-5-7-19(18)27-21)15-23(20(24)13-26-22)12-16-8-10-17(25-3)11-9-16/h4-11H,12-15H2,1-3H3. The van der Waals surface area contributed by atoms with Gasteiger partial charge in [-0.2, -0.15) is 0 Å². The number of carbonyl (C=O) groups excluding carboxylic acids is 1. The van der Waals surface area contributed by atoms with E-state index in [0.717, 1.165) is 22.6 Å². The van der Waals surface area contributed by atoms with Crippen LogP contribution < -0.4 is 9.47 Å². The number of morpholine rings is 1. The highest BCUT2D eigenvalue weighted by atomic mass is 16.5. The lowest BCUT2D eigenvalue weighted by Crippen LogP contribution is -2.57. The number of amides is 1. The zero-order valence-electron chi connectivity index (χ0n) is 16.0. The van der Waals surface area contributed by atoms with Gasteiger partial charge in [0.2, 0.25) is 5.91 Å². The van der Waals surface area contributed by atoms with Gasteiger partial charge in [-0.3, -0.25) is 4.79 Å². The molecule has 27 heavy (non-hydrogen) atoms. The molecule has 0 aliphatic carbocycles. The Morgan fingerprint density at radius 2 is 1.85 bits per heavy atom. The first-order valence-corrected chi connectivity index (χ1v) is 9.24. The van der Waals surface area contributed by atoms with E-state index in [1.165, 1.54) is 0 Å². The number of rotatable bonds is 3. The van der Waals surface area contributed by atoms with Gasteiger partial charge in [-0.1, -0.05) is 30.3 Å². The van der Waals surface area contributed by atoms with Crippen LogP contribution in [-0.4, -0.2) is 36.7 Å². The van der Waals surface area contributed by atoms with Crippen LogP contribution in [-0.2, 0) is 21.7 Å². The summed E-state index contributed by atoms with van der Waals surface area (Å²) >= 11 is 0. The van der Waals surface area contributed by atoms with E-state index in [2.05, 4.69) is 13.8 Å². The molecular formula is C22H25NO4. The molecule has 2 heterocycles. The molecule has 0 N–H and O–H groups in total. The van der Waals surface area contributed by atoms with Crippen molar-refractivity contribution in [3.8, 4) is 11.5 Å². The van der Waals surface area contributed by atoms with E-state index in [-0.39, 0.29) is 18.1 Å². The predicted molar refractivity (Wildman–Crippen MR) is 102 cm³/mol.